The summed E-state index contributed by atoms with van der Waals surface area (Å²) in [7, 11) is 1.89. The van der Waals surface area contributed by atoms with E-state index in [1.165, 1.54) is 11.3 Å². The third-order valence-corrected chi connectivity index (χ3v) is 3.51. The number of rotatable bonds is 6. The van der Waals surface area contributed by atoms with Crippen LogP contribution in [-0.2, 0) is 31.4 Å². The van der Waals surface area contributed by atoms with E-state index in [1.807, 2.05) is 31.6 Å². The molecule has 0 saturated carbocycles. The Balaban J connectivity index is 1.79. The third-order valence-electron chi connectivity index (χ3n) is 2.43. The molecule has 0 radical (unpaired) electrons. The molecule has 2 N–H and O–H groups in total. The van der Waals surface area contributed by atoms with Crippen molar-refractivity contribution in [2.24, 2.45) is 7.05 Å². The van der Waals surface area contributed by atoms with Crippen molar-refractivity contribution in [2.75, 3.05) is 0 Å². The second kappa shape index (κ2) is 5.79. The Labute approximate surface area is 109 Å². The van der Waals surface area contributed by atoms with Gasteiger partial charge in [0.25, 0.3) is 0 Å². The van der Waals surface area contributed by atoms with Gasteiger partial charge in [-0.25, -0.2) is 0 Å². The Morgan fingerprint density at radius 3 is 2.89 bits per heavy atom. The predicted molar refractivity (Wildman–Crippen MR) is 69.4 cm³/mol. The maximum absolute atomic E-state index is 10.6. The van der Waals surface area contributed by atoms with Crippen molar-refractivity contribution in [3.63, 3.8) is 0 Å². The molecule has 0 bridgehead atoms. The summed E-state index contributed by atoms with van der Waals surface area (Å²) in [5.74, 6) is -0.785. The second-order valence-corrected chi connectivity index (χ2v) is 5.32. The van der Waals surface area contributed by atoms with Gasteiger partial charge in [0.15, 0.2) is 0 Å². The van der Waals surface area contributed by atoms with Crippen LogP contribution in [0.2, 0.25) is 0 Å². The number of carboxylic acid groups (broad SMARTS) is 1. The Bertz CT molecular complexity index is 533. The van der Waals surface area contributed by atoms with Crippen molar-refractivity contribution in [1.29, 1.82) is 0 Å². The summed E-state index contributed by atoms with van der Waals surface area (Å²) in [6, 6.07) is 3.85. The molecule has 18 heavy (non-hydrogen) atoms. The molecular formula is C12H15N3O2S. The zero-order valence-electron chi connectivity index (χ0n) is 10.1. The van der Waals surface area contributed by atoms with Gasteiger partial charge in [-0.2, -0.15) is 5.10 Å². The number of aryl methyl sites for hydroxylation is 1. The van der Waals surface area contributed by atoms with Crippen LogP contribution in [0, 0.1) is 0 Å². The fourth-order valence-electron chi connectivity index (χ4n) is 1.65. The quantitative estimate of drug-likeness (QED) is 0.828. The highest BCUT2D eigenvalue weighted by molar-refractivity contribution is 7.12. The third kappa shape index (κ3) is 3.68. The number of thiophene rings is 1. The van der Waals surface area contributed by atoms with Crippen molar-refractivity contribution in [3.05, 3.63) is 39.8 Å². The Kier molecular flexibility index (Phi) is 4.11. The molecular weight excluding hydrogens is 250 g/mol. The SMILES string of the molecule is Cn1cc(CNCc2ccc(CC(=O)O)s2)cn1. The fourth-order valence-corrected chi connectivity index (χ4v) is 2.63. The van der Waals surface area contributed by atoms with Gasteiger partial charge in [0, 0.05) is 41.7 Å². The van der Waals surface area contributed by atoms with Crippen molar-refractivity contribution in [3.8, 4) is 0 Å². The van der Waals surface area contributed by atoms with Gasteiger partial charge in [-0.15, -0.1) is 11.3 Å². The van der Waals surface area contributed by atoms with Crippen molar-refractivity contribution < 1.29 is 9.90 Å². The number of carboxylic acids is 1. The summed E-state index contributed by atoms with van der Waals surface area (Å²) in [6.45, 7) is 1.51. The molecule has 96 valence electrons. The summed E-state index contributed by atoms with van der Waals surface area (Å²) in [5, 5.41) is 16.1. The monoisotopic (exact) mass is 265 g/mol. The Morgan fingerprint density at radius 2 is 2.22 bits per heavy atom. The minimum Gasteiger partial charge on any atom is -0.481 e. The minimum atomic E-state index is -0.785. The van der Waals surface area contributed by atoms with E-state index in [-0.39, 0.29) is 6.42 Å². The van der Waals surface area contributed by atoms with E-state index in [2.05, 4.69) is 10.4 Å². The van der Waals surface area contributed by atoms with Crippen molar-refractivity contribution in [1.82, 2.24) is 15.1 Å². The summed E-state index contributed by atoms with van der Waals surface area (Å²) in [5.41, 5.74) is 1.14. The molecule has 0 saturated heterocycles. The number of aromatic nitrogens is 2. The van der Waals surface area contributed by atoms with Gasteiger partial charge < -0.3 is 10.4 Å². The van der Waals surface area contributed by atoms with Gasteiger partial charge in [-0.05, 0) is 12.1 Å². The molecule has 0 aliphatic heterocycles. The van der Waals surface area contributed by atoms with Crippen LogP contribution >= 0.6 is 11.3 Å². The van der Waals surface area contributed by atoms with E-state index < -0.39 is 5.97 Å². The molecule has 2 aromatic heterocycles. The first kappa shape index (κ1) is 12.8. The fraction of sp³-hybridized carbons (Fsp3) is 0.333. The van der Waals surface area contributed by atoms with E-state index in [1.54, 1.807) is 4.68 Å². The summed E-state index contributed by atoms with van der Waals surface area (Å²) >= 11 is 1.54. The summed E-state index contributed by atoms with van der Waals surface area (Å²) in [6.07, 6.45) is 3.90. The lowest BCUT2D eigenvalue weighted by Crippen LogP contribution is -2.11. The Hall–Kier alpha value is -1.66. The smallest absolute Gasteiger partial charge is 0.308 e. The first-order valence-electron chi connectivity index (χ1n) is 5.61. The van der Waals surface area contributed by atoms with Gasteiger partial charge in [0.1, 0.15) is 0 Å². The highest BCUT2D eigenvalue weighted by Gasteiger charge is 2.04. The molecule has 0 aliphatic rings. The van der Waals surface area contributed by atoms with Crippen LogP contribution < -0.4 is 5.32 Å². The normalized spacial score (nSPS) is 10.7. The second-order valence-electron chi connectivity index (χ2n) is 4.06. The predicted octanol–water partition coefficient (Wildman–Crippen LogP) is 1.40. The number of nitrogens with one attached hydrogen (secondary N) is 1. The van der Waals surface area contributed by atoms with E-state index in [0.29, 0.717) is 0 Å². The summed E-state index contributed by atoms with van der Waals surface area (Å²) < 4.78 is 1.77. The molecule has 6 heteroatoms. The highest BCUT2D eigenvalue weighted by Crippen LogP contribution is 2.16. The van der Waals surface area contributed by atoms with Gasteiger partial charge in [-0.3, -0.25) is 9.48 Å². The molecule has 0 unspecified atom stereocenters. The van der Waals surface area contributed by atoms with Crippen LogP contribution in [0.1, 0.15) is 15.3 Å². The number of carbonyl (C=O) groups is 1. The van der Waals surface area contributed by atoms with Crippen LogP contribution in [0.5, 0.6) is 0 Å². The van der Waals surface area contributed by atoms with E-state index in [0.717, 1.165) is 28.4 Å². The molecule has 0 aliphatic carbocycles. The van der Waals surface area contributed by atoms with Crippen molar-refractivity contribution in [2.45, 2.75) is 19.5 Å². The highest BCUT2D eigenvalue weighted by atomic mass is 32.1. The van der Waals surface area contributed by atoms with Gasteiger partial charge in [0.2, 0.25) is 0 Å². The average molecular weight is 265 g/mol. The molecule has 0 atom stereocenters. The number of hydrogen-bond acceptors (Lipinski definition) is 4. The Morgan fingerprint density at radius 1 is 1.44 bits per heavy atom. The average Bonchev–Trinajstić information content (AvgIpc) is 2.88. The van der Waals surface area contributed by atoms with Gasteiger partial charge in [-0.1, -0.05) is 0 Å². The van der Waals surface area contributed by atoms with Crippen LogP contribution in [0.25, 0.3) is 0 Å². The van der Waals surface area contributed by atoms with Crippen LogP contribution in [-0.4, -0.2) is 20.9 Å². The first-order chi connectivity index (χ1) is 8.63. The molecule has 0 amide bonds. The molecule has 2 rings (SSSR count). The maximum atomic E-state index is 10.6. The molecule has 2 heterocycles. The number of hydrogen-bond donors (Lipinski definition) is 2. The lowest BCUT2D eigenvalue weighted by molar-refractivity contribution is -0.136. The standard InChI is InChI=1S/C12H15N3O2S/c1-15-8-9(6-14-15)5-13-7-11-3-2-10(18-11)4-12(16)17/h2-3,6,8,13H,4-5,7H2,1H3,(H,16,17). The lowest BCUT2D eigenvalue weighted by Gasteiger charge is -1.99. The van der Waals surface area contributed by atoms with Crippen LogP contribution in [0.4, 0.5) is 0 Å². The molecule has 2 aromatic rings. The van der Waals surface area contributed by atoms with E-state index in [4.69, 9.17) is 5.11 Å². The van der Waals surface area contributed by atoms with E-state index in [9.17, 15) is 4.79 Å². The lowest BCUT2D eigenvalue weighted by atomic mass is 10.3. The minimum absolute atomic E-state index is 0.104. The van der Waals surface area contributed by atoms with E-state index >= 15 is 0 Å². The van der Waals surface area contributed by atoms with Gasteiger partial charge in [0.05, 0.1) is 12.6 Å². The molecule has 0 fully saturated rings. The molecule has 5 nitrogen and oxygen atoms in total. The topological polar surface area (TPSA) is 67.2 Å². The number of nitrogens with zero attached hydrogens (tertiary/aromatic N) is 2. The molecule has 0 spiro atoms. The maximum Gasteiger partial charge on any atom is 0.308 e. The van der Waals surface area contributed by atoms with Crippen LogP contribution in [0.15, 0.2) is 24.5 Å². The van der Waals surface area contributed by atoms with Crippen LogP contribution in [0.3, 0.4) is 0 Å². The zero-order chi connectivity index (χ0) is 13.0. The first-order valence-corrected chi connectivity index (χ1v) is 6.43. The largest absolute Gasteiger partial charge is 0.481 e. The van der Waals surface area contributed by atoms with Gasteiger partial charge >= 0.3 is 5.97 Å². The number of aliphatic carboxylic acids is 1. The van der Waals surface area contributed by atoms with Crippen molar-refractivity contribution >= 4 is 17.3 Å². The summed E-state index contributed by atoms with van der Waals surface area (Å²) in [4.78, 5) is 12.6. The molecule has 0 aromatic carbocycles. The zero-order valence-corrected chi connectivity index (χ0v) is 10.9.